The van der Waals surface area contributed by atoms with Crippen LogP contribution in [0.15, 0.2) is 53.4 Å². The van der Waals surface area contributed by atoms with Crippen molar-refractivity contribution in [1.82, 2.24) is 4.72 Å². The van der Waals surface area contributed by atoms with Crippen molar-refractivity contribution in [1.29, 1.82) is 0 Å². The first-order valence-electron chi connectivity index (χ1n) is 6.06. The Morgan fingerprint density at radius 3 is 2.14 bits per heavy atom. The van der Waals surface area contributed by atoms with Crippen molar-refractivity contribution in [2.24, 2.45) is 0 Å². The summed E-state index contributed by atoms with van der Waals surface area (Å²) in [5.74, 6) is 0.0493. The number of aromatic hydroxyl groups is 1. The molecule has 0 bridgehead atoms. The number of amides is 2. The normalized spacial score (nSPS) is 10.9. The van der Waals surface area contributed by atoms with Gasteiger partial charge in [0.1, 0.15) is 5.75 Å². The molecule has 2 aromatic carbocycles. The van der Waals surface area contributed by atoms with Crippen LogP contribution in [0.5, 0.6) is 5.75 Å². The lowest BCUT2D eigenvalue weighted by atomic mass is 10.2. The number of sulfonamides is 1. The first kappa shape index (κ1) is 14.9. The standard InChI is InChI=1S/C14H14N2O4S/c1-10-2-8-13(9-3-10)21(19,20)16-14(18)15-11-4-6-12(17)7-5-11/h2-9,17H,1H3,(H2,15,16,18). The quantitative estimate of drug-likeness (QED) is 0.758. The van der Waals surface area contributed by atoms with E-state index >= 15 is 0 Å². The number of aryl methyl sites for hydroxylation is 1. The van der Waals surface area contributed by atoms with Gasteiger partial charge in [0.25, 0.3) is 10.0 Å². The van der Waals surface area contributed by atoms with Crippen molar-refractivity contribution in [2.75, 3.05) is 5.32 Å². The fourth-order valence-electron chi connectivity index (χ4n) is 1.60. The number of nitrogens with one attached hydrogen (secondary N) is 2. The van der Waals surface area contributed by atoms with Crippen LogP contribution in [0.1, 0.15) is 5.56 Å². The molecule has 0 aliphatic heterocycles. The van der Waals surface area contributed by atoms with Gasteiger partial charge in [-0.2, -0.15) is 0 Å². The Balaban J connectivity index is 2.07. The molecule has 2 aromatic rings. The number of carbonyl (C=O) groups is 1. The summed E-state index contributed by atoms with van der Waals surface area (Å²) in [6.45, 7) is 1.83. The molecule has 21 heavy (non-hydrogen) atoms. The molecule has 2 rings (SSSR count). The van der Waals surface area contributed by atoms with Gasteiger partial charge >= 0.3 is 6.03 Å². The highest BCUT2D eigenvalue weighted by molar-refractivity contribution is 7.90. The maximum atomic E-state index is 12.0. The van der Waals surface area contributed by atoms with Gasteiger partial charge in [-0.25, -0.2) is 17.9 Å². The molecule has 0 fully saturated rings. The number of hydrogen-bond acceptors (Lipinski definition) is 4. The average Bonchev–Trinajstić information content (AvgIpc) is 2.41. The van der Waals surface area contributed by atoms with Gasteiger partial charge in [-0.05, 0) is 43.3 Å². The van der Waals surface area contributed by atoms with Crippen molar-refractivity contribution in [2.45, 2.75) is 11.8 Å². The number of anilines is 1. The number of hydrogen-bond donors (Lipinski definition) is 3. The van der Waals surface area contributed by atoms with E-state index in [0.717, 1.165) is 5.56 Å². The fourth-order valence-corrected chi connectivity index (χ4v) is 2.51. The fraction of sp³-hybridized carbons (Fsp3) is 0.0714. The predicted molar refractivity (Wildman–Crippen MR) is 78.6 cm³/mol. The summed E-state index contributed by atoms with van der Waals surface area (Å²) in [4.78, 5) is 11.7. The molecule has 0 spiro atoms. The highest BCUT2D eigenvalue weighted by Crippen LogP contribution is 2.14. The summed E-state index contributed by atoms with van der Waals surface area (Å²) in [7, 11) is -3.92. The molecule has 110 valence electrons. The Labute approximate surface area is 122 Å². The lowest BCUT2D eigenvalue weighted by Gasteiger charge is -2.09. The lowest BCUT2D eigenvalue weighted by Crippen LogP contribution is -2.34. The molecule has 0 aromatic heterocycles. The maximum absolute atomic E-state index is 12.0. The highest BCUT2D eigenvalue weighted by atomic mass is 32.2. The lowest BCUT2D eigenvalue weighted by molar-refractivity contribution is 0.256. The number of benzene rings is 2. The third-order valence-corrected chi connectivity index (χ3v) is 4.03. The molecule has 3 N–H and O–H groups in total. The van der Waals surface area contributed by atoms with E-state index in [0.29, 0.717) is 5.69 Å². The Hall–Kier alpha value is -2.54. The smallest absolute Gasteiger partial charge is 0.333 e. The summed E-state index contributed by atoms with van der Waals surface area (Å²) in [6.07, 6.45) is 0. The zero-order valence-corrected chi connectivity index (χ0v) is 12.0. The van der Waals surface area contributed by atoms with Crippen LogP contribution in [-0.2, 0) is 10.0 Å². The zero-order valence-electron chi connectivity index (χ0n) is 11.2. The Kier molecular flexibility index (Phi) is 4.13. The van der Waals surface area contributed by atoms with E-state index < -0.39 is 16.1 Å². The van der Waals surface area contributed by atoms with Crippen LogP contribution in [0.2, 0.25) is 0 Å². The molecule has 0 unspecified atom stereocenters. The number of phenolic OH excluding ortho intramolecular Hbond substituents is 1. The van der Waals surface area contributed by atoms with Crippen LogP contribution in [-0.4, -0.2) is 19.6 Å². The van der Waals surface area contributed by atoms with Gasteiger partial charge in [-0.1, -0.05) is 17.7 Å². The van der Waals surface area contributed by atoms with Crippen LogP contribution in [0.4, 0.5) is 10.5 Å². The van der Waals surface area contributed by atoms with E-state index in [1.165, 1.54) is 36.4 Å². The summed E-state index contributed by atoms with van der Waals surface area (Å²) >= 11 is 0. The van der Waals surface area contributed by atoms with Gasteiger partial charge in [-0.3, -0.25) is 0 Å². The largest absolute Gasteiger partial charge is 0.508 e. The SMILES string of the molecule is Cc1ccc(S(=O)(=O)NC(=O)Nc2ccc(O)cc2)cc1. The van der Waals surface area contributed by atoms with Gasteiger partial charge in [-0.15, -0.1) is 0 Å². The second-order valence-corrected chi connectivity index (χ2v) is 6.10. The minimum atomic E-state index is -3.92. The van der Waals surface area contributed by atoms with Gasteiger partial charge in [0.05, 0.1) is 4.90 Å². The highest BCUT2D eigenvalue weighted by Gasteiger charge is 2.17. The van der Waals surface area contributed by atoms with E-state index in [1.54, 1.807) is 12.1 Å². The van der Waals surface area contributed by atoms with Crippen molar-refractivity contribution >= 4 is 21.7 Å². The van der Waals surface area contributed by atoms with Crippen molar-refractivity contribution in [3.05, 3.63) is 54.1 Å². The Morgan fingerprint density at radius 2 is 1.57 bits per heavy atom. The summed E-state index contributed by atoms with van der Waals surface area (Å²) in [5, 5.41) is 11.5. The zero-order chi connectivity index (χ0) is 15.5. The number of phenols is 1. The van der Waals surface area contributed by atoms with Gasteiger partial charge in [0, 0.05) is 5.69 Å². The van der Waals surface area contributed by atoms with Crippen molar-refractivity contribution in [3.8, 4) is 5.75 Å². The predicted octanol–water partition coefficient (Wildman–Crippen LogP) is 2.21. The molecular weight excluding hydrogens is 292 g/mol. The monoisotopic (exact) mass is 306 g/mol. The van der Waals surface area contributed by atoms with Crippen LogP contribution in [0.25, 0.3) is 0 Å². The molecule has 7 heteroatoms. The van der Waals surface area contributed by atoms with E-state index in [-0.39, 0.29) is 10.6 Å². The molecule has 0 radical (unpaired) electrons. The van der Waals surface area contributed by atoms with Crippen LogP contribution >= 0.6 is 0 Å². The minimum Gasteiger partial charge on any atom is -0.508 e. The van der Waals surface area contributed by atoms with E-state index in [1.807, 2.05) is 11.6 Å². The first-order chi connectivity index (χ1) is 9.87. The van der Waals surface area contributed by atoms with Crippen molar-refractivity contribution < 1.29 is 18.3 Å². The minimum absolute atomic E-state index is 0.00829. The molecule has 0 aliphatic carbocycles. The Bertz CT molecular complexity index is 738. The van der Waals surface area contributed by atoms with Crippen molar-refractivity contribution in [3.63, 3.8) is 0 Å². The average molecular weight is 306 g/mol. The van der Waals surface area contributed by atoms with E-state index in [2.05, 4.69) is 5.32 Å². The van der Waals surface area contributed by atoms with Gasteiger partial charge in [0.2, 0.25) is 0 Å². The summed E-state index contributed by atoms with van der Waals surface area (Å²) in [6, 6.07) is 10.9. The first-order valence-corrected chi connectivity index (χ1v) is 7.55. The second kappa shape index (κ2) is 5.84. The second-order valence-electron chi connectivity index (χ2n) is 4.42. The third kappa shape index (κ3) is 3.96. The molecule has 0 saturated carbocycles. The summed E-state index contributed by atoms with van der Waals surface area (Å²) < 4.78 is 25.9. The number of urea groups is 1. The van der Waals surface area contributed by atoms with Gasteiger partial charge < -0.3 is 10.4 Å². The van der Waals surface area contributed by atoms with E-state index in [4.69, 9.17) is 5.11 Å². The number of rotatable bonds is 3. The number of carbonyl (C=O) groups excluding carboxylic acids is 1. The third-order valence-electron chi connectivity index (χ3n) is 2.68. The van der Waals surface area contributed by atoms with E-state index in [9.17, 15) is 13.2 Å². The molecular formula is C14H14N2O4S. The molecule has 0 aliphatic rings. The molecule has 6 nitrogen and oxygen atoms in total. The van der Waals surface area contributed by atoms with Crippen LogP contribution < -0.4 is 10.0 Å². The molecule has 0 saturated heterocycles. The maximum Gasteiger partial charge on any atom is 0.333 e. The summed E-state index contributed by atoms with van der Waals surface area (Å²) in [5.41, 5.74) is 1.28. The van der Waals surface area contributed by atoms with Crippen LogP contribution in [0, 0.1) is 6.92 Å². The Morgan fingerprint density at radius 1 is 1.00 bits per heavy atom. The molecule has 0 atom stereocenters. The van der Waals surface area contributed by atoms with Gasteiger partial charge in [0.15, 0.2) is 0 Å². The molecule has 0 heterocycles. The topological polar surface area (TPSA) is 95.5 Å². The van der Waals surface area contributed by atoms with Crippen LogP contribution in [0.3, 0.4) is 0 Å². The molecule has 2 amide bonds.